The molecule has 5 rings (SSSR count). The van der Waals surface area contributed by atoms with Gasteiger partial charge in [-0.15, -0.1) is 0 Å². The van der Waals surface area contributed by atoms with Crippen molar-refractivity contribution in [3.8, 4) is 17.3 Å². The van der Waals surface area contributed by atoms with Crippen LogP contribution in [0.15, 0.2) is 24.5 Å². The third-order valence-corrected chi connectivity index (χ3v) is 4.75. The van der Waals surface area contributed by atoms with Crippen LogP contribution in [0, 0.1) is 0 Å². The Balaban J connectivity index is 1.45. The number of pyridine rings is 1. The van der Waals surface area contributed by atoms with E-state index in [4.69, 9.17) is 25.8 Å². The van der Waals surface area contributed by atoms with Gasteiger partial charge >= 0.3 is 0 Å². The van der Waals surface area contributed by atoms with Crippen LogP contribution in [0.2, 0.25) is 5.02 Å². The Morgan fingerprint density at radius 2 is 2.25 bits per heavy atom. The van der Waals surface area contributed by atoms with Crippen molar-refractivity contribution in [3.63, 3.8) is 0 Å². The van der Waals surface area contributed by atoms with Crippen LogP contribution in [0.5, 0.6) is 6.01 Å². The number of aromatic nitrogens is 4. The van der Waals surface area contributed by atoms with Crippen molar-refractivity contribution in [2.45, 2.75) is 24.7 Å². The van der Waals surface area contributed by atoms with Gasteiger partial charge in [0.15, 0.2) is 11.8 Å². The molecule has 2 fully saturated rings. The summed E-state index contributed by atoms with van der Waals surface area (Å²) in [5.41, 5.74) is 2.90. The molecule has 3 aromatic heterocycles. The molecule has 7 nitrogen and oxygen atoms in total. The second-order valence-corrected chi connectivity index (χ2v) is 6.39. The van der Waals surface area contributed by atoms with Crippen LogP contribution in [0.25, 0.3) is 22.4 Å². The molecule has 0 amide bonds. The fourth-order valence-electron chi connectivity index (χ4n) is 3.30. The van der Waals surface area contributed by atoms with Crippen LogP contribution >= 0.6 is 11.6 Å². The maximum absolute atomic E-state index is 6.34. The second-order valence-electron chi connectivity index (χ2n) is 5.98. The summed E-state index contributed by atoms with van der Waals surface area (Å²) < 4.78 is 17.3. The molecule has 3 aromatic rings. The molecule has 2 aliphatic heterocycles. The molecule has 2 saturated heterocycles. The van der Waals surface area contributed by atoms with Gasteiger partial charge in [-0.1, -0.05) is 11.6 Å². The van der Waals surface area contributed by atoms with Gasteiger partial charge in [0.25, 0.3) is 6.01 Å². The number of rotatable bonds is 3. The minimum absolute atomic E-state index is 0.0230. The number of imidazole rings is 1. The molecule has 0 spiro atoms. The molecule has 0 aliphatic carbocycles. The Kier molecular flexibility index (Phi) is 3.26. The minimum atomic E-state index is -0.155. The highest BCUT2D eigenvalue weighted by atomic mass is 35.5. The van der Waals surface area contributed by atoms with Gasteiger partial charge < -0.3 is 24.2 Å². The number of nitrogens with one attached hydrogen (secondary N) is 2. The third-order valence-electron chi connectivity index (χ3n) is 4.46. The first-order valence-corrected chi connectivity index (χ1v) is 8.25. The van der Waals surface area contributed by atoms with Crippen molar-refractivity contribution in [2.24, 2.45) is 0 Å². The Hall–Kier alpha value is -2.09. The topological polar surface area (TPSA) is 85.1 Å². The molecular weight excluding hydrogens is 332 g/mol. The van der Waals surface area contributed by atoms with Crippen molar-refractivity contribution in [1.82, 2.24) is 19.9 Å². The van der Waals surface area contributed by atoms with Gasteiger partial charge in [-0.2, -0.15) is 4.98 Å². The Morgan fingerprint density at radius 3 is 3.12 bits per heavy atom. The summed E-state index contributed by atoms with van der Waals surface area (Å²) in [6.45, 7) is 1.22. The smallest absolute Gasteiger partial charge is 0.296 e. The van der Waals surface area contributed by atoms with Crippen LogP contribution in [0.3, 0.4) is 0 Å². The zero-order valence-corrected chi connectivity index (χ0v) is 13.4. The van der Waals surface area contributed by atoms with E-state index >= 15 is 0 Å². The second kappa shape index (κ2) is 5.47. The van der Waals surface area contributed by atoms with Gasteiger partial charge in [-0.3, -0.25) is 0 Å². The van der Waals surface area contributed by atoms with E-state index in [0.29, 0.717) is 35.6 Å². The van der Waals surface area contributed by atoms with Crippen molar-refractivity contribution in [2.75, 3.05) is 13.2 Å². The molecule has 3 atom stereocenters. The lowest BCUT2D eigenvalue weighted by Gasteiger charge is -2.15. The average molecular weight is 347 g/mol. The number of halogens is 1. The molecule has 0 aromatic carbocycles. The minimum Gasteiger partial charge on any atom is -0.456 e. The summed E-state index contributed by atoms with van der Waals surface area (Å²) in [6.07, 6.45) is 4.55. The first kappa shape index (κ1) is 14.3. The number of fused-ring (bicyclic) bond motifs is 2. The number of hydrogen-bond donors (Lipinski definition) is 2. The van der Waals surface area contributed by atoms with Crippen LogP contribution < -0.4 is 4.74 Å². The largest absolute Gasteiger partial charge is 0.456 e. The zero-order valence-electron chi connectivity index (χ0n) is 12.7. The number of nitrogens with zero attached hydrogens (tertiary/aromatic N) is 2. The highest BCUT2D eigenvalue weighted by molar-refractivity contribution is 6.33. The van der Waals surface area contributed by atoms with Crippen LogP contribution in [-0.4, -0.2) is 51.5 Å². The summed E-state index contributed by atoms with van der Waals surface area (Å²) in [7, 11) is 0. The van der Waals surface area contributed by atoms with E-state index < -0.39 is 0 Å². The van der Waals surface area contributed by atoms with Crippen LogP contribution in [0.4, 0.5) is 0 Å². The van der Waals surface area contributed by atoms with Crippen LogP contribution in [-0.2, 0) is 9.47 Å². The molecule has 0 radical (unpaired) electrons. The normalized spacial score (nSPS) is 26.1. The average Bonchev–Trinajstić information content (AvgIpc) is 3.31. The molecule has 0 saturated carbocycles. The predicted molar refractivity (Wildman–Crippen MR) is 87.2 cm³/mol. The summed E-state index contributed by atoms with van der Waals surface area (Å²) in [6, 6.07) is 4.13. The molecular formula is C16H15ClN4O3. The monoisotopic (exact) mass is 346 g/mol. The van der Waals surface area contributed by atoms with Gasteiger partial charge in [0.2, 0.25) is 0 Å². The van der Waals surface area contributed by atoms with Crippen molar-refractivity contribution in [3.05, 3.63) is 29.5 Å². The number of aromatic amines is 2. The van der Waals surface area contributed by atoms with E-state index in [0.717, 1.165) is 17.5 Å². The van der Waals surface area contributed by atoms with Crippen molar-refractivity contribution >= 4 is 22.8 Å². The van der Waals surface area contributed by atoms with Gasteiger partial charge in [0, 0.05) is 24.6 Å². The number of ether oxygens (including phenoxy) is 3. The summed E-state index contributed by atoms with van der Waals surface area (Å²) in [4.78, 5) is 15.1. The Morgan fingerprint density at radius 1 is 1.29 bits per heavy atom. The Labute approximate surface area is 142 Å². The van der Waals surface area contributed by atoms with Gasteiger partial charge in [-0.25, -0.2) is 4.98 Å². The standard InChI is InChI=1S/C16H15ClN4O3/c17-9-5-10-15(20-13(9)8-1-3-18-6-8)21-16(19-10)24-12-7-23-11-2-4-22-14(11)12/h1,3,5-6,11-12,14,18H,2,4,7H2,(H,19,20,21). The molecule has 3 unspecified atom stereocenters. The van der Waals surface area contributed by atoms with E-state index in [1.165, 1.54) is 0 Å². The first-order valence-electron chi connectivity index (χ1n) is 7.87. The van der Waals surface area contributed by atoms with E-state index in [-0.39, 0.29) is 18.3 Å². The maximum Gasteiger partial charge on any atom is 0.296 e. The predicted octanol–water partition coefficient (Wildman–Crippen LogP) is 2.54. The maximum atomic E-state index is 6.34. The van der Waals surface area contributed by atoms with E-state index in [2.05, 4.69) is 19.9 Å². The highest BCUT2D eigenvalue weighted by Crippen LogP contribution is 2.31. The molecule has 2 aliphatic rings. The third kappa shape index (κ3) is 2.28. The summed E-state index contributed by atoms with van der Waals surface area (Å²) >= 11 is 6.34. The van der Waals surface area contributed by atoms with Crippen LogP contribution in [0.1, 0.15) is 6.42 Å². The molecule has 24 heavy (non-hydrogen) atoms. The van der Waals surface area contributed by atoms with E-state index in [9.17, 15) is 0 Å². The van der Waals surface area contributed by atoms with Gasteiger partial charge in [0.05, 0.1) is 28.9 Å². The quantitative estimate of drug-likeness (QED) is 0.761. The number of hydrogen-bond acceptors (Lipinski definition) is 5. The zero-order chi connectivity index (χ0) is 16.1. The van der Waals surface area contributed by atoms with Crippen molar-refractivity contribution in [1.29, 1.82) is 0 Å². The van der Waals surface area contributed by atoms with E-state index in [1.807, 2.05) is 24.5 Å². The lowest BCUT2D eigenvalue weighted by Crippen LogP contribution is -2.32. The molecule has 8 heteroatoms. The molecule has 2 N–H and O–H groups in total. The lowest BCUT2D eigenvalue weighted by atomic mass is 10.1. The number of H-pyrrole nitrogens is 2. The summed E-state index contributed by atoms with van der Waals surface area (Å²) in [5, 5.41) is 0.556. The van der Waals surface area contributed by atoms with Crippen molar-refractivity contribution < 1.29 is 14.2 Å². The lowest BCUT2D eigenvalue weighted by molar-refractivity contribution is 0.0273. The fraction of sp³-hybridized carbons (Fsp3) is 0.375. The fourth-order valence-corrected chi connectivity index (χ4v) is 3.56. The highest BCUT2D eigenvalue weighted by Gasteiger charge is 2.43. The molecule has 124 valence electrons. The van der Waals surface area contributed by atoms with E-state index in [1.54, 1.807) is 0 Å². The molecule has 0 bridgehead atoms. The SMILES string of the molecule is Clc1cc2[nH]c(OC3COC4CCOC43)nc2nc1-c1cc[nH]c1. The first-order chi connectivity index (χ1) is 11.8. The molecule has 5 heterocycles. The summed E-state index contributed by atoms with van der Waals surface area (Å²) in [5.74, 6) is 0. The Bertz CT molecular complexity index is 879. The van der Waals surface area contributed by atoms with Gasteiger partial charge in [-0.05, 0) is 18.6 Å². The van der Waals surface area contributed by atoms with Gasteiger partial charge in [0.1, 0.15) is 6.10 Å².